The number of hydrogen-bond acceptors (Lipinski definition) is 5. The molecule has 2 aromatic rings. The molecule has 0 aliphatic heterocycles. The Morgan fingerprint density at radius 1 is 1.25 bits per heavy atom. The van der Waals surface area contributed by atoms with Crippen molar-refractivity contribution in [3.05, 3.63) is 40.6 Å². The molecule has 152 valence electrons. The van der Waals surface area contributed by atoms with Crippen LogP contribution in [0.25, 0.3) is 11.3 Å². The van der Waals surface area contributed by atoms with E-state index in [1.807, 2.05) is 0 Å². The van der Waals surface area contributed by atoms with Gasteiger partial charge in [0.05, 0.1) is 16.8 Å². The molecule has 2 N–H and O–H groups in total. The fourth-order valence-electron chi connectivity index (χ4n) is 3.75. The number of halogens is 1. The summed E-state index contributed by atoms with van der Waals surface area (Å²) in [6.45, 7) is 1.86. The highest BCUT2D eigenvalue weighted by atomic mass is 35.5. The lowest BCUT2D eigenvalue weighted by Gasteiger charge is -2.37. The van der Waals surface area contributed by atoms with Crippen molar-refractivity contribution in [2.75, 3.05) is 12.8 Å². The van der Waals surface area contributed by atoms with Crippen LogP contribution in [0.1, 0.15) is 48.2 Å². The minimum Gasteiger partial charge on any atom is -0.360 e. The van der Waals surface area contributed by atoms with Gasteiger partial charge in [-0.25, -0.2) is 13.1 Å². The number of carbonyl (C=O) groups excluding carboxylic acids is 1. The standard InChI is InChI=1S/C19H24ClN3O4S/c1-13-16(17(22-27-13)14-8-4-5-9-15(14)20)18(24)21-12-19(23-28(2,25)26)10-6-3-7-11-19/h4-5,8-9,23H,3,6-7,10-12H2,1-2H3,(H,21,24). The fraction of sp³-hybridized carbons (Fsp3) is 0.474. The van der Waals surface area contributed by atoms with Crippen LogP contribution in [0.2, 0.25) is 5.02 Å². The van der Waals surface area contributed by atoms with Crippen LogP contribution in [0.3, 0.4) is 0 Å². The summed E-state index contributed by atoms with van der Waals surface area (Å²) in [6, 6.07) is 7.09. The van der Waals surface area contributed by atoms with Gasteiger partial charge >= 0.3 is 0 Å². The molecule has 1 heterocycles. The Hall–Kier alpha value is -1.90. The van der Waals surface area contributed by atoms with Gasteiger partial charge in [-0.3, -0.25) is 4.79 Å². The van der Waals surface area contributed by atoms with Crippen molar-refractivity contribution in [1.82, 2.24) is 15.2 Å². The molecule has 0 spiro atoms. The minimum atomic E-state index is -3.40. The Kier molecular flexibility index (Phi) is 6.12. The van der Waals surface area contributed by atoms with E-state index in [1.54, 1.807) is 31.2 Å². The predicted octanol–water partition coefficient (Wildman–Crippen LogP) is 3.29. The van der Waals surface area contributed by atoms with Crippen molar-refractivity contribution >= 4 is 27.5 Å². The molecule has 1 aromatic carbocycles. The van der Waals surface area contributed by atoms with Gasteiger partial charge in [0.2, 0.25) is 10.0 Å². The Morgan fingerprint density at radius 3 is 2.57 bits per heavy atom. The highest BCUT2D eigenvalue weighted by Gasteiger charge is 2.35. The van der Waals surface area contributed by atoms with Crippen LogP contribution in [-0.4, -0.2) is 37.8 Å². The molecule has 1 fully saturated rings. The molecular weight excluding hydrogens is 402 g/mol. The topological polar surface area (TPSA) is 101 Å². The van der Waals surface area contributed by atoms with Crippen LogP contribution in [-0.2, 0) is 10.0 Å². The number of nitrogens with zero attached hydrogens (tertiary/aromatic N) is 1. The van der Waals surface area contributed by atoms with Crippen LogP contribution in [0.15, 0.2) is 28.8 Å². The Bertz CT molecular complexity index is 965. The van der Waals surface area contributed by atoms with E-state index in [0.717, 1.165) is 25.5 Å². The smallest absolute Gasteiger partial charge is 0.257 e. The second-order valence-electron chi connectivity index (χ2n) is 7.34. The molecule has 0 atom stereocenters. The molecule has 1 aliphatic rings. The SMILES string of the molecule is Cc1onc(-c2ccccc2Cl)c1C(=O)NCC1(NS(C)(=O)=O)CCCCC1. The first-order valence-electron chi connectivity index (χ1n) is 9.19. The number of benzene rings is 1. The summed E-state index contributed by atoms with van der Waals surface area (Å²) >= 11 is 6.25. The third kappa shape index (κ3) is 4.74. The van der Waals surface area contributed by atoms with E-state index in [-0.39, 0.29) is 12.5 Å². The summed E-state index contributed by atoms with van der Waals surface area (Å²) in [5.41, 5.74) is 0.609. The molecule has 0 saturated heterocycles. The van der Waals surface area contributed by atoms with E-state index in [1.165, 1.54) is 0 Å². The number of amides is 1. The molecule has 3 rings (SSSR count). The molecule has 28 heavy (non-hydrogen) atoms. The van der Waals surface area contributed by atoms with E-state index in [2.05, 4.69) is 15.2 Å². The van der Waals surface area contributed by atoms with Crippen molar-refractivity contribution in [2.24, 2.45) is 0 Å². The molecule has 0 bridgehead atoms. The lowest BCUT2D eigenvalue weighted by Crippen LogP contribution is -2.56. The summed E-state index contributed by atoms with van der Waals surface area (Å²) in [4.78, 5) is 13.0. The number of sulfonamides is 1. The van der Waals surface area contributed by atoms with Gasteiger partial charge in [-0.2, -0.15) is 0 Å². The number of rotatable bonds is 6. The first-order chi connectivity index (χ1) is 13.2. The maximum atomic E-state index is 13.0. The van der Waals surface area contributed by atoms with E-state index in [9.17, 15) is 13.2 Å². The molecule has 1 aliphatic carbocycles. The monoisotopic (exact) mass is 425 g/mol. The third-order valence-corrected chi connectivity index (χ3v) is 6.15. The Labute approximate surface area is 169 Å². The first-order valence-corrected chi connectivity index (χ1v) is 11.5. The molecule has 1 amide bonds. The van der Waals surface area contributed by atoms with Gasteiger partial charge < -0.3 is 9.84 Å². The van der Waals surface area contributed by atoms with Crippen molar-refractivity contribution in [3.63, 3.8) is 0 Å². The number of hydrogen-bond donors (Lipinski definition) is 2. The summed E-state index contributed by atoms with van der Waals surface area (Å²) in [7, 11) is -3.40. The second-order valence-corrected chi connectivity index (χ2v) is 9.50. The van der Waals surface area contributed by atoms with Crippen LogP contribution in [0.5, 0.6) is 0 Å². The second kappa shape index (κ2) is 8.23. The zero-order valence-electron chi connectivity index (χ0n) is 15.9. The number of nitrogens with one attached hydrogen (secondary N) is 2. The van der Waals surface area contributed by atoms with Crippen molar-refractivity contribution < 1.29 is 17.7 Å². The molecule has 1 aromatic heterocycles. The van der Waals surface area contributed by atoms with E-state index >= 15 is 0 Å². The fourth-order valence-corrected chi connectivity index (χ4v) is 5.04. The molecular formula is C19H24ClN3O4S. The lowest BCUT2D eigenvalue weighted by molar-refractivity contribution is 0.0933. The van der Waals surface area contributed by atoms with E-state index in [4.69, 9.17) is 16.1 Å². The highest BCUT2D eigenvalue weighted by Crippen LogP contribution is 2.32. The summed E-state index contributed by atoms with van der Waals surface area (Å²) in [5.74, 6) is 0.00936. The van der Waals surface area contributed by atoms with Gasteiger partial charge in [0.1, 0.15) is 17.0 Å². The Balaban J connectivity index is 1.83. The summed E-state index contributed by atoms with van der Waals surface area (Å²) in [6.07, 6.45) is 5.39. The van der Waals surface area contributed by atoms with Crippen LogP contribution in [0.4, 0.5) is 0 Å². The molecule has 0 radical (unpaired) electrons. The maximum absolute atomic E-state index is 13.0. The number of aryl methyl sites for hydroxylation is 1. The lowest BCUT2D eigenvalue weighted by atomic mass is 9.82. The zero-order valence-corrected chi connectivity index (χ0v) is 17.5. The summed E-state index contributed by atoms with van der Waals surface area (Å²) < 4.78 is 31.7. The number of aromatic nitrogens is 1. The average Bonchev–Trinajstić information content (AvgIpc) is 3.01. The van der Waals surface area contributed by atoms with E-state index in [0.29, 0.717) is 40.4 Å². The molecule has 9 heteroatoms. The normalized spacial score (nSPS) is 16.7. The van der Waals surface area contributed by atoms with Crippen molar-refractivity contribution in [1.29, 1.82) is 0 Å². The zero-order chi connectivity index (χ0) is 20.4. The number of carbonyl (C=O) groups is 1. The quantitative estimate of drug-likeness (QED) is 0.739. The van der Waals surface area contributed by atoms with Gasteiger partial charge in [-0.1, -0.05) is 54.2 Å². The predicted molar refractivity (Wildman–Crippen MR) is 108 cm³/mol. The maximum Gasteiger partial charge on any atom is 0.257 e. The highest BCUT2D eigenvalue weighted by molar-refractivity contribution is 7.88. The molecule has 0 unspecified atom stereocenters. The van der Waals surface area contributed by atoms with Gasteiger partial charge in [0.15, 0.2) is 0 Å². The van der Waals surface area contributed by atoms with Gasteiger partial charge in [-0.15, -0.1) is 0 Å². The first kappa shape index (κ1) is 20.8. The van der Waals surface area contributed by atoms with Gasteiger partial charge in [0, 0.05) is 12.1 Å². The van der Waals surface area contributed by atoms with Crippen LogP contribution >= 0.6 is 11.6 Å². The van der Waals surface area contributed by atoms with Crippen molar-refractivity contribution in [3.8, 4) is 11.3 Å². The van der Waals surface area contributed by atoms with Crippen LogP contribution < -0.4 is 10.0 Å². The average molecular weight is 426 g/mol. The Morgan fingerprint density at radius 2 is 1.93 bits per heavy atom. The van der Waals surface area contributed by atoms with Crippen molar-refractivity contribution in [2.45, 2.75) is 44.6 Å². The third-order valence-electron chi connectivity index (χ3n) is 5.02. The minimum absolute atomic E-state index is 0.200. The summed E-state index contributed by atoms with van der Waals surface area (Å²) in [5, 5.41) is 7.35. The van der Waals surface area contributed by atoms with Crippen LogP contribution in [0, 0.1) is 6.92 Å². The largest absolute Gasteiger partial charge is 0.360 e. The molecule has 1 saturated carbocycles. The van der Waals surface area contributed by atoms with Gasteiger partial charge in [-0.05, 0) is 25.8 Å². The molecule has 7 nitrogen and oxygen atoms in total. The van der Waals surface area contributed by atoms with E-state index < -0.39 is 15.6 Å². The van der Waals surface area contributed by atoms with Gasteiger partial charge in [0.25, 0.3) is 5.91 Å².